The zero-order valence-electron chi connectivity index (χ0n) is 17.4. The van der Waals surface area contributed by atoms with Gasteiger partial charge in [-0.2, -0.15) is 0 Å². The van der Waals surface area contributed by atoms with E-state index < -0.39 is 12.3 Å². The molecule has 2 saturated heterocycles. The molecule has 2 atom stereocenters. The molecule has 2 fully saturated rings. The molecule has 170 valence electrons. The van der Waals surface area contributed by atoms with Crippen molar-refractivity contribution >= 4 is 41.1 Å². The zero-order valence-corrected chi connectivity index (χ0v) is 18.9. The zero-order chi connectivity index (χ0) is 22.4. The fraction of sp³-hybridized carbons (Fsp3) is 0.545. The quantitative estimate of drug-likeness (QED) is 0.647. The third-order valence-electron chi connectivity index (χ3n) is 5.75. The molecule has 6 nitrogen and oxygen atoms in total. The number of halogens is 3. The van der Waals surface area contributed by atoms with Crippen LogP contribution in [0.3, 0.4) is 0 Å². The number of aliphatic hydroxyl groups is 1. The number of hydrogen-bond acceptors (Lipinski definition) is 4. The van der Waals surface area contributed by atoms with Crippen molar-refractivity contribution in [2.75, 3.05) is 45.8 Å². The van der Waals surface area contributed by atoms with E-state index in [4.69, 9.17) is 23.2 Å². The number of hydrogen-bond donors (Lipinski definition) is 1. The predicted octanol–water partition coefficient (Wildman–Crippen LogP) is 2.86. The fourth-order valence-electron chi connectivity index (χ4n) is 3.87. The summed E-state index contributed by atoms with van der Waals surface area (Å²) in [6.07, 6.45) is 2.49. The number of piperidine rings is 1. The average molecular weight is 472 g/mol. The van der Waals surface area contributed by atoms with E-state index in [2.05, 4.69) is 0 Å². The maximum atomic E-state index is 13.4. The number of aliphatic hydroxyl groups excluding tert-OH is 1. The van der Waals surface area contributed by atoms with E-state index in [1.54, 1.807) is 34.1 Å². The van der Waals surface area contributed by atoms with E-state index in [9.17, 15) is 19.1 Å². The Hall–Kier alpha value is -1.67. The van der Waals surface area contributed by atoms with Gasteiger partial charge in [0.15, 0.2) is 0 Å². The van der Waals surface area contributed by atoms with Gasteiger partial charge in [-0.1, -0.05) is 29.3 Å². The lowest BCUT2D eigenvalue weighted by Gasteiger charge is -2.32. The number of nitrogens with zero attached hydrogens (tertiary/aromatic N) is 3. The first-order chi connectivity index (χ1) is 14.8. The van der Waals surface area contributed by atoms with Crippen molar-refractivity contribution in [1.82, 2.24) is 14.7 Å². The van der Waals surface area contributed by atoms with Gasteiger partial charge in [0.05, 0.1) is 16.1 Å². The number of alkyl halides is 1. The molecule has 9 heteroatoms. The molecule has 2 heterocycles. The van der Waals surface area contributed by atoms with Crippen molar-refractivity contribution in [3.8, 4) is 0 Å². The summed E-state index contributed by atoms with van der Waals surface area (Å²) in [4.78, 5) is 30.5. The van der Waals surface area contributed by atoms with E-state index in [1.165, 1.54) is 6.08 Å². The number of carbonyl (C=O) groups is 2. The predicted molar refractivity (Wildman–Crippen MR) is 120 cm³/mol. The van der Waals surface area contributed by atoms with Gasteiger partial charge in [-0.15, -0.1) is 0 Å². The van der Waals surface area contributed by atoms with E-state index in [0.717, 1.165) is 12.0 Å². The molecule has 0 spiro atoms. The van der Waals surface area contributed by atoms with Gasteiger partial charge in [0.2, 0.25) is 11.8 Å². The number of rotatable bonds is 6. The van der Waals surface area contributed by atoms with Gasteiger partial charge < -0.3 is 19.8 Å². The number of benzene rings is 1. The van der Waals surface area contributed by atoms with Crippen molar-refractivity contribution in [2.45, 2.75) is 31.5 Å². The minimum Gasteiger partial charge on any atom is -0.389 e. The van der Waals surface area contributed by atoms with Crippen LogP contribution in [0, 0.1) is 0 Å². The molecule has 0 unspecified atom stereocenters. The highest BCUT2D eigenvalue weighted by Gasteiger charge is 2.27. The van der Waals surface area contributed by atoms with Crippen LogP contribution in [0.1, 0.15) is 24.8 Å². The minimum atomic E-state index is -1.14. The molecule has 2 aliphatic heterocycles. The highest BCUT2D eigenvalue weighted by molar-refractivity contribution is 6.42. The Balaban J connectivity index is 1.45. The number of likely N-dealkylation sites (tertiary alicyclic amines) is 1. The van der Waals surface area contributed by atoms with Gasteiger partial charge >= 0.3 is 0 Å². The van der Waals surface area contributed by atoms with E-state index in [1.807, 2.05) is 4.90 Å². The van der Waals surface area contributed by atoms with Crippen molar-refractivity contribution < 1.29 is 19.1 Å². The fourth-order valence-corrected chi connectivity index (χ4v) is 4.18. The van der Waals surface area contributed by atoms with E-state index >= 15 is 0 Å². The molecule has 1 aromatic carbocycles. The Morgan fingerprint density at radius 3 is 2.71 bits per heavy atom. The van der Waals surface area contributed by atoms with Gasteiger partial charge in [-0.25, -0.2) is 4.39 Å². The maximum Gasteiger partial charge on any atom is 0.246 e. The Bertz CT molecular complexity index is 823. The summed E-state index contributed by atoms with van der Waals surface area (Å²) < 4.78 is 13.4. The van der Waals surface area contributed by atoms with Crippen LogP contribution in [0.15, 0.2) is 24.3 Å². The van der Waals surface area contributed by atoms with Crippen LogP contribution in [-0.2, 0) is 9.59 Å². The SMILES string of the molecule is O=C(/C=C/c1ccc(Cl)c(Cl)c1)N1CCC(=O)N(CCCN2CC[C@H](F)[C@@H](O)C2)CC1. The summed E-state index contributed by atoms with van der Waals surface area (Å²) >= 11 is 11.9. The highest BCUT2D eigenvalue weighted by Crippen LogP contribution is 2.23. The van der Waals surface area contributed by atoms with Gasteiger partial charge in [-0.05, 0) is 43.2 Å². The highest BCUT2D eigenvalue weighted by atomic mass is 35.5. The Morgan fingerprint density at radius 2 is 1.97 bits per heavy atom. The first-order valence-electron chi connectivity index (χ1n) is 10.6. The Kier molecular flexibility index (Phi) is 8.72. The van der Waals surface area contributed by atoms with Gasteiger partial charge in [-0.3, -0.25) is 9.59 Å². The second-order valence-corrected chi connectivity index (χ2v) is 8.80. The lowest BCUT2D eigenvalue weighted by molar-refractivity contribution is -0.130. The average Bonchev–Trinajstić information content (AvgIpc) is 2.93. The van der Waals surface area contributed by atoms with Crippen LogP contribution in [0.2, 0.25) is 10.0 Å². The summed E-state index contributed by atoms with van der Waals surface area (Å²) in [6, 6.07) is 5.15. The van der Waals surface area contributed by atoms with Crippen LogP contribution < -0.4 is 0 Å². The topological polar surface area (TPSA) is 64.1 Å². The molecule has 1 aromatic rings. The summed E-state index contributed by atoms with van der Waals surface area (Å²) in [5.41, 5.74) is 0.775. The Morgan fingerprint density at radius 1 is 1.16 bits per heavy atom. The largest absolute Gasteiger partial charge is 0.389 e. The van der Waals surface area contributed by atoms with Crippen molar-refractivity contribution in [1.29, 1.82) is 0 Å². The molecule has 0 aliphatic carbocycles. The molecule has 1 N–H and O–H groups in total. The summed E-state index contributed by atoms with van der Waals surface area (Å²) in [5.74, 6) is -0.116. The normalized spacial score (nSPS) is 23.4. The standard InChI is InChI=1S/C22H28Cl2FN3O3/c23-17-4-2-16(14-18(17)24)3-5-21(30)28-11-7-22(31)27(12-13-28)9-1-8-26-10-6-19(25)20(29)15-26/h2-5,14,19-20,29H,1,6-13,15H2/b5-3+/t19-,20-/m0/s1. The molecule has 0 bridgehead atoms. The van der Waals surface area contributed by atoms with Gasteiger partial charge in [0.25, 0.3) is 0 Å². The molecule has 0 saturated carbocycles. The molecule has 0 radical (unpaired) electrons. The van der Waals surface area contributed by atoms with Crippen LogP contribution in [0.4, 0.5) is 4.39 Å². The van der Waals surface area contributed by atoms with Crippen molar-refractivity contribution in [3.05, 3.63) is 39.9 Å². The minimum absolute atomic E-state index is 0.0336. The second-order valence-electron chi connectivity index (χ2n) is 7.99. The Labute approximate surface area is 192 Å². The monoisotopic (exact) mass is 471 g/mol. The number of β-amino-alcohol motifs (C(OH)–C–C–N with tert-alkyl or cyclic N) is 1. The van der Waals surface area contributed by atoms with Crippen LogP contribution in [0.25, 0.3) is 6.08 Å². The summed E-state index contributed by atoms with van der Waals surface area (Å²) in [7, 11) is 0. The lowest BCUT2D eigenvalue weighted by atomic mass is 10.1. The third kappa shape index (κ3) is 6.91. The van der Waals surface area contributed by atoms with E-state index in [0.29, 0.717) is 62.3 Å². The molecule has 31 heavy (non-hydrogen) atoms. The number of amides is 2. The van der Waals surface area contributed by atoms with Gasteiger partial charge in [0.1, 0.15) is 6.17 Å². The van der Waals surface area contributed by atoms with E-state index in [-0.39, 0.29) is 18.2 Å². The van der Waals surface area contributed by atoms with Crippen LogP contribution in [-0.4, -0.2) is 89.7 Å². The molecule has 0 aromatic heterocycles. The first-order valence-corrected chi connectivity index (χ1v) is 11.3. The molecular weight excluding hydrogens is 444 g/mol. The van der Waals surface area contributed by atoms with Crippen LogP contribution in [0.5, 0.6) is 0 Å². The van der Waals surface area contributed by atoms with Crippen molar-refractivity contribution in [3.63, 3.8) is 0 Å². The molecular formula is C22H28Cl2FN3O3. The molecule has 2 aliphatic rings. The second kappa shape index (κ2) is 11.3. The van der Waals surface area contributed by atoms with Gasteiger partial charge in [0, 0.05) is 51.8 Å². The third-order valence-corrected chi connectivity index (χ3v) is 6.49. The summed E-state index contributed by atoms with van der Waals surface area (Å²) in [5, 5.41) is 10.5. The number of carbonyl (C=O) groups excluding carboxylic acids is 2. The summed E-state index contributed by atoms with van der Waals surface area (Å²) in [6.45, 7) is 3.61. The lowest BCUT2D eigenvalue weighted by Crippen LogP contribution is -2.45. The first kappa shape index (κ1) is 24.0. The maximum absolute atomic E-state index is 13.4. The smallest absolute Gasteiger partial charge is 0.246 e. The van der Waals surface area contributed by atoms with Crippen LogP contribution >= 0.6 is 23.2 Å². The molecule has 2 amide bonds. The molecule has 3 rings (SSSR count). The van der Waals surface area contributed by atoms with Crippen molar-refractivity contribution in [2.24, 2.45) is 0 Å².